The standard InChI is InChI=1S/C12H5F3N2S2/c13-12(14,15)10-7(1-2-18-10)9-5-17-11-8(9)3-6(4-16)19-11/h1-3,5,17H. The maximum Gasteiger partial charge on any atom is 0.426 e. The van der Waals surface area contributed by atoms with Crippen LogP contribution in [0.2, 0.25) is 0 Å². The van der Waals surface area contributed by atoms with Crippen LogP contribution in [-0.2, 0) is 6.18 Å². The predicted octanol–water partition coefficient (Wildman–Crippen LogP) is 4.85. The van der Waals surface area contributed by atoms with Crippen LogP contribution in [0.1, 0.15) is 9.75 Å². The molecule has 0 fully saturated rings. The zero-order chi connectivity index (χ0) is 13.6. The van der Waals surface area contributed by atoms with Crippen molar-refractivity contribution in [2.75, 3.05) is 0 Å². The second-order valence-corrected chi connectivity index (χ2v) is 5.80. The molecule has 1 N–H and O–H groups in total. The molecule has 0 spiro atoms. The van der Waals surface area contributed by atoms with Gasteiger partial charge in [-0.2, -0.15) is 18.4 Å². The molecular formula is C12H5F3N2S2. The van der Waals surface area contributed by atoms with E-state index in [0.717, 1.165) is 0 Å². The number of rotatable bonds is 1. The molecular weight excluding hydrogens is 293 g/mol. The van der Waals surface area contributed by atoms with Crippen molar-refractivity contribution in [3.8, 4) is 17.2 Å². The zero-order valence-corrected chi connectivity index (χ0v) is 10.8. The van der Waals surface area contributed by atoms with E-state index in [-0.39, 0.29) is 5.56 Å². The third-order valence-electron chi connectivity index (χ3n) is 2.69. The Balaban J connectivity index is 2.23. The third kappa shape index (κ3) is 1.93. The van der Waals surface area contributed by atoms with Crippen LogP contribution >= 0.6 is 22.7 Å². The van der Waals surface area contributed by atoms with E-state index in [1.807, 2.05) is 6.07 Å². The van der Waals surface area contributed by atoms with E-state index in [2.05, 4.69) is 4.98 Å². The summed E-state index contributed by atoms with van der Waals surface area (Å²) in [6.45, 7) is 0. The highest BCUT2D eigenvalue weighted by Crippen LogP contribution is 2.43. The molecule has 0 aromatic carbocycles. The molecule has 3 aromatic rings. The highest BCUT2D eigenvalue weighted by molar-refractivity contribution is 7.19. The first-order chi connectivity index (χ1) is 9.00. The van der Waals surface area contributed by atoms with E-state index in [1.165, 1.54) is 22.8 Å². The summed E-state index contributed by atoms with van der Waals surface area (Å²) in [4.78, 5) is 3.49. The van der Waals surface area contributed by atoms with Gasteiger partial charge in [0.25, 0.3) is 0 Å². The Hall–Kier alpha value is -1.78. The summed E-state index contributed by atoms with van der Waals surface area (Å²) in [5, 5.41) is 10.9. The van der Waals surface area contributed by atoms with Gasteiger partial charge in [-0.3, -0.25) is 0 Å². The first-order valence-electron chi connectivity index (χ1n) is 5.17. The van der Waals surface area contributed by atoms with Crippen LogP contribution in [0.3, 0.4) is 0 Å². The Morgan fingerprint density at radius 2 is 2.05 bits per heavy atom. The van der Waals surface area contributed by atoms with Gasteiger partial charge in [0.05, 0.1) is 0 Å². The van der Waals surface area contributed by atoms with Crippen molar-refractivity contribution in [2.24, 2.45) is 0 Å². The number of aromatic nitrogens is 1. The predicted molar refractivity (Wildman–Crippen MR) is 69.2 cm³/mol. The number of hydrogen-bond donors (Lipinski definition) is 1. The van der Waals surface area contributed by atoms with Crippen molar-refractivity contribution < 1.29 is 13.2 Å². The van der Waals surface area contributed by atoms with Crippen LogP contribution in [0.15, 0.2) is 23.7 Å². The largest absolute Gasteiger partial charge is 0.426 e. The first kappa shape index (κ1) is 12.3. The van der Waals surface area contributed by atoms with Gasteiger partial charge in [0, 0.05) is 22.7 Å². The molecule has 2 nitrogen and oxygen atoms in total. The quantitative estimate of drug-likeness (QED) is 0.685. The number of H-pyrrole nitrogens is 1. The molecule has 3 rings (SSSR count). The minimum atomic E-state index is -4.36. The van der Waals surface area contributed by atoms with E-state index in [4.69, 9.17) is 5.26 Å². The van der Waals surface area contributed by atoms with E-state index < -0.39 is 11.1 Å². The van der Waals surface area contributed by atoms with Gasteiger partial charge in [0.15, 0.2) is 0 Å². The lowest BCUT2D eigenvalue weighted by atomic mass is 10.1. The highest BCUT2D eigenvalue weighted by Gasteiger charge is 2.35. The van der Waals surface area contributed by atoms with Crippen LogP contribution in [0.4, 0.5) is 13.2 Å². The Kier molecular flexibility index (Phi) is 2.66. The number of nitriles is 1. The Morgan fingerprint density at radius 1 is 1.26 bits per heavy atom. The summed E-state index contributed by atoms with van der Waals surface area (Å²) >= 11 is 1.91. The van der Waals surface area contributed by atoms with E-state index in [9.17, 15) is 13.2 Å². The Bertz CT molecular complexity index is 786. The maximum atomic E-state index is 12.9. The lowest BCUT2D eigenvalue weighted by molar-refractivity contribution is -0.133. The SMILES string of the molecule is N#Cc1cc2c(-c3ccsc3C(F)(F)F)c[nH]c2s1. The summed E-state index contributed by atoms with van der Waals surface area (Å²) in [7, 11) is 0. The highest BCUT2D eigenvalue weighted by atomic mass is 32.1. The van der Waals surface area contributed by atoms with Crippen LogP contribution in [0.5, 0.6) is 0 Å². The molecule has 0 aliphatic heterocycles. The molecule has 3 heterocycles. The fourth-order valence-corrected chi connectivity index (χ4v) is 3.55. The van der Waals surface area contributed by atoms with Crippen molar-refractivity contribution in [3.05, 3.63) is 33.5 Å². The summed E-state index contributed by atoms with van der Waals surface area (Å²) in [6.07, 6.45) is -2.80. The lowest BCUT2D eigenvalue weighted by Gasteiger charge is -2.06. The number of nitrogens with zero attached hydrogens (tertiary/aromatic N) is 1. The second kappa shape index (κ2) is 4.11. The van der Waals surface area contributed by atoms with Crippen molar-refractivity contribution in [1.82, 2.24) is 4.98 Å². The number of nitrogens with one attached hydrogen (secondary N) is 1. The number of hydrogen-bond acceptors (Lipinski definition) is 3. The van der Waals surface area contributed by atoms with Gasteiger partial charge in [-0.05, 0) is 17.5 Å². The van der Waals surface area contributed by atoms with Gasteiger partial charge in [-0.1, -0.05) is 0 Å². The van der Waals surface area contributed by atoms with Gasteiger partial charge in [0.2, 0.25) is 0 Å². The normalized spacial score (nSPS) is 11.9. The fourth-order valence-electron chi connectivity index (χ4n) is 1.93. The molecule has 7 heteroatoms. The number of alkyl halides is 3. The molecule has 0 unspecified atom stereocenters. The molecule has 0 aliphatic carbocycles. The average Bonchev–Trinajstić information content (AvgIpc) is 3.01. The average molecular weight is 298 g/mol. The second-order valence-electron chi connectivity index (χ2n) is 3.83. The first-order valence-corrected chi connectivity index (χ1v) is 6.86. The number of halogens is 3. The van der Waals surface area contributed by atoms with Crippen molar-refractivity contribution in [1.29, 1.82) is 5.26 Å². The smallest absolute Gasteiger partial charge is 0.352 e. The Labute approximate surface area is 113 Å². The number of aromatic amines is 1. The van der Waals surface area contributed by atoms with Crippen molar-refractivity contribution in [3.63, 3.8) is 0 Å². The molecule has 0 amide bonds. The van der Waals surface area contributed by atoms with Crippen LogP contribution < -0.4 is 0 Å². The van der Waals surface area contributed by atoms with E-state index in [1.54, 1.807) is 12.3 Å². The van der Waals surface area contributed by atoms with Crippen LogP contribution in [-0.4, -0.2) is 4.98 Å². The maximum absolute atomic E-state index is 12.9. The van der Waals surface area contributed by atoms with Gasteiger partial charge in [-0.15, -0.1) is 22.7 Å². The molecule has 0 saturated heterocycles. The van der Waals surface area contributed by atoms with Crippen LogP contribution in [0.25, 0.3) is 21.3 Å². The summed E-state index contributed by atoms with van der Waals surface area (Å²) < 4.78 is 38.7. The Morgan fingerprint density at radius 3 is 2.74 bits per heavy atom. The monoisotopic (exact) mass is 298 g/mol. The minimum Gasteiger partial charge on any atom is -0.352 e. The van der Waals surface area contributed by atoms with Crippen LogP contribution in [0, 0.1) is 11.3 Å². The van der Waals surface area contributed by atoms with Crippen molar-refractivity contribution in [2.45, 2.75) is 6.18 Å². The minimum absolute atomic E-state index is 0.158. The summed E-state index contributed by atoms with van der Waals surface area (Å²) in [5.41, 5.74) is 0.646. The molecule has 0 atom stereocenters. The molecule has 96 valence electrons. The van der Waals surface area contributed by atoms with Gasteiger partial charge >= 0.3 is 6.18 Å². The topological polar surface area (TPSA) is 39.6 Å². The van der Waals surface area contributed by atoms with E-state index >= 15 is 0 Å². The molecule has 0 aliphatic rings. The molecule has 3 aromatic heterocycles. The van der Waals surface area contributed by atoms with Gasteiger partial charge < -0.3 is 4.98 Å². The summed E-state index contributed by atoms with van der Waals surface area (Å²) in [5.74, 6) is 0. The van der Waals surface area contributed by atoms with Gasteiger partial charge in [0.1, 0.15) is 20.7 Å². The van der Waals surface area contributed by atoms with Crippen molar-refractivity contribution >= 4 is 32.9 Å². The third-order valence-corrected chi connectivity index (χ3v) is 4.62. The lowest BCUT2D eigenvalue weighted by Crippen LogP contribution is -2.03. The van der Waals surface area contributed by atoms with E-state index in [0.29, 0.717) is 32.0 Å². The molecule has 0 saturated carbocycles. The van der Waals surface area contributed by atoms with Gasteiger partial charge in [-0.25, -0.2) is 0 Å². The fraction of sp³-hybridized carbons (Fsp3) is 0.0833. The summed E-state index contributed by atoms with van der Waals surface area (Å²) in [6, 6.07) is 5.07. The molecule has 0 bridgehead atoms. The number of thiophene rings is 2. The zero-order valence-electron chi connectivity index (χ0n) is 9.21. The molecule has 0 radical (unpaired) electrons. The number of fused-ring (bicyclic) bond motifs is 1. The molecule has 19 heavy (non-hydrogen) atoms.